The zero-order valence-corrected chi connectivity index (χ0v) is 11.3. The van der Waals surface area contributed by atoms with E-state index in [0.717, 1.165) is 5.69 Å². The molecule has 0 saturated carbocycles. The molecular weight excluding hydrogens is 276 g/mol. The van der Waals surface area contributed by atoms with E-state index in [1.54, 1.807) is 10.9 Å². The Kier molecular flexibility index (Phi) is 4.17. The van der Waals surface area contributed by atoms with E-state index in [9.17, 15) is 14.9 Å². The predicted molar refractivity (Wildman–Crippen MR) is 75.5 cm³/mol. The molecule has 110 valence electrons. The molecular formula is C13H14N4O4. The van der Waals surface area contributed by atoms with Gasteiger partial charge in [0.1, 0.15) is 11.3 Å². The Morgan fingerprint density at radius 3 is 2.81 bits per heavy atom. The Labute approximate surface area is 120 Å². The second-order valence-electron chi connectivity index (χ2n) is 4.39. The number of hydrogen-bond acceptors (Lipinski definition) is 5. The predicted octanol–water partition coefficient (Wildman–Crippen LogP) is 1.68. The third-order valence-corrected chi connectivity index (χ3v) is 3.07. The first kappa shape index (κ1) is 14.5. The second-order valence-corrected chi connectivity index (χ2v) is 4.39. The summed E-state index contributed by atoms with van der Waals surface area (Å²) in [6.45, 7) is 0.434. The van der Waals surface area contributed by atoms with E-state index in [2.05, 4.69) is 10.4 Å². The number of anilines is 1. The molecule has 21 heavy (non-hydrogen) atoms. The Morgan fingerprint density at radius 2 is 2.24 bits per heavy atom. The molecule has 1 heterocycles. The number of carboxylic acid groups (broad SMARTS) is 1. The van der Waals surface area contributed by atoms with Crippen LogP contribution < -0.4 is 5.32 Å². The highest BCUT2D eigenvalue weighted by atomic mass is 16.6. The van der Waals surface area contributed by atoms with Gasteiger partial charge < -0.3 is 10.4 Å². The summed E-state index contributed by atoms with van der Waals surface area (Å²) >= 11 is 0. The maximum absolute atomic E-state index is 11.1. The fraction of sp³-hybridized carbons (Fsp3) is 0.231. The van der Waals surface area contributed by atoms with E-state index in [-0.39, 0.29) is 11.3 Å². The summed E-state index contributed by atoms with van der Waals surface area (Å²) in [5, 5.41) is 27.0. The molecule has 1 aromatic carbocycles. The van der Waals surface area contributed by atoms with Gasteiger partial charge in [-0.15, -0.1) is 0 Å². The quantitative estimate of drug-likeness (QED) is 0.618. The average molecular weight is 290 g/mol. The molecule has 8 nitrogen and oxygen atoms in total. The van der Waals surface area contributed by atoms with Crippen molar-refractivity contribution in [2.75, 3.05) is 11.9 Å². The van der Waals surface area contributed by atoms with Gasteiger partial charge >= 0.3 is 11.7 Å². The first-order valence-corrected chi connectivity index (χ1v) is 6.22. The summed E-state index contributed by atoms with van der Waals surface area (Å²) in [6.07, 6.45) is 2.29. The number of nitrogens with zero attached hydrogens (tertiary/aromatic N) is 3. The van der Waals surface area contributed by atoms with Crippen molar-refractivity contribution in [3.63, 3.8) is 0 Å². The van der Waals surface area contributed by atoms with Gasteiger partial charge in [-0.05, 0) is 18.2 Å². The summed E-state index contributed by atoms with van der Waals surface area (Å²) in [6, 6.07) is 6.03. The van der Waals surface area contributed by atoms with Gasteiger partial charge in [0, 0.05) is 31.9 Å². The third-order valence-electron chi connectivity index (χ3n) is 3.07. The SMILES string of the molecule is Cn1nccc1CCNc1cccc(C(=O)O)c1[N+](=O)[O-]. The first-order valence-electron chi connectivity index (χ1n) is 6.22. The van der Waals surface area contributed by atoms with Crippen LogP contribution in [0.1, 0.15) is 16.1 Å². The lowest BCUT2D eigenvalue weighted by Crippen LogP contribution is -2.11. The molecule has 0 spiro atoms. The lowest BCUT2D eigenvalue weighted by Gasteiger charge is -2.08. The molecule has 2 N–H and O–H groups in total. The molecule has 2 aromatic rings. The van der Waals surface area contributed by atoms with Crippen LogP contribution in [0.4, 0.5) is 11.4 Å². The maximum Gasteiger partial charge on any atom is 0.342 e. The minimum atomic E-state index is -1.32. The van der Waals surface area contributed by atoms with Crippen molar-refractivity contribution in [3.8, 4) is 0 Å². The van der Waals surface area contributed by atoms with Gasteiger partial charge in [-0.3, -0.25) is 14.8 Å². The number of nitro groups is 1. The molecule has 0 fully saturated rings. The van der Waals surface area contributed by atoms with Crippen LogP contribution in [-0.4, -0.2) is 32.3 Å². The number of hydrogen-bond donors (Lipinski definition) is 2. The largest absolute Gasteiger partial charge is 0.477 e. The number of aryl methyl sites for hydroxylation is 1. The maximum atomic E-state index is 11.1. The number of benzene rings is 1. The monoisotopic (exact) mass is 290 g/mol. The minimum Gasteiger partial charge on any atom is -0.477 e. The van der Waals surface area contributed by atoms with Crippen molar-refractivity contribution in [3.05, 3.63) is 51.8 Å². The van der Waals surface area contributed by atoms with Crippen LogP contribution in [0.3, 0.4) is 0 Å². The van der Waals surface area contributed by atoms with Crippen LogP contribution in [0.2, 0.25) is 0 Å². The van der Waals surface area contributed by atoms with Crippen molar-refractivity contribution in [1.82, 2.24) is 9.78 Å². The number of rotatable bonds is 6. The van der Waals surface area contributed by atoms with E-state index >= 15 is 0 Å². The first-order chi connectivity index (χ1) is 10.0. The summed E-state index contributed by atoms with van der Waals surface area (Å²) in [4.78, 5) is 21.4. The zero-order valence-electron chi connectivity index (χ0n) is 11.3. The highest BCUT2D eigenvalue weighted by molar-refractivity contribution is 5.95. The molecule has 0 atom stereocenters. The van der Waals surface area contributed by atoms with Gasteiger partial charge in [0.15, 0.2) is 0 Å². The van der Waals surface area contributed by atoms with Gasteiger partial charge in [0.05, 0.1) is 4.92 Å². The molecule has 0 bridgehead atoms. The second kappa shape index (κ2) is 6.04. The molecule has 0 unspecified atom stereocenters. The smallest absolute Gasteiger partial charge is 0.342 e. The van der Waals surface area contributed by atoms with Gasteiger partial charge in [-0.1, -0.05) is 6.07 Å². The molecule has 1 aromatic heterocycles. The van der Waals surface area contributed by atoms with Crippen LogP contribution in [-0.2, 0) is 13.5 Å². The van der Waals surface area contributed by atoms with Gasteiger partial charge in [-0.25, -0.2) is 4.79 Å². The van der Waals surface area contributed by atoms with E-state index < -0.39 is 16.6 Å². The van der Waals surface area contributed by atoms with Crippen molar-refractivity contribution >= 4 is 17.3 Å². The van der Waals surface area contributed by atoms with Crippen molar-refractivity contribution < 1.29 is 14.8 Å². The summed E-state index contributed by atoms with van der Waals surface area (Å²) < 4.78 is 1.71. The van der Waals surface area contributed by atoms with Crippen LogP contribution in [0.25, 0.3) is 0 Å². The van der Waals surface area contributed by atoms with E-state index in [0.29, 0.717) is 13.0 Å². The van der Waals surface area contributed by atoms with Crippen LogP contribution in [0, 0.1) is 10.1 Å². The summed E-state index contributed by atoms with van der Waals surface area (Å²) in [5.41, 5.74) is 0.419. The summed E-state index contributed by atoms with van der Waals surface area (Å²) in [7, 11) is 1.81. The third kappa shape index (κ3) is 3.16. The van der Waals surface area contributed by atoms with Crippen LogP contribution in [0.15, 0.2) is 30.5 Å². The average Bonchev–Trinajstić information content (AvgIpc) is 2.84. The van der Waals surface area contributed by atoms with Gasteiger partial charge in [0.2, 0.25) is 0 Å². The molecule has 0 radical (unpaired) electrons. The summed E-state index contributed by atoms with van der Waals surface area (Å²) in [5.74, 6) is -1.32. The molecule has 0 aliphatic carbocycles. The lowest BCUT2D eigenvalue weighted by molar-refractivity contribution is -0.384. The molecule has 0 saturated heterocycles. The Bertz CT molecular complexity index is 681. The van der Waals surface area contributed by atoms with Gasteiger partial charge in [0.25, 0.3) is 0 Å². The Balaban J connectivity index is 2.16. The lowest BCUT2D eigenvalue weighted by atomic mass is 10.1. The standard InChI is InChI=1S/C13H14N4O4/c1-16-9(6-8-15-16)5-7-14-11-4-2-3-10(13(18)19)12(11)17(20)21/h2-4,6,8,14H,5,7H2,1H3,(H,18,19). The van der Waals surface area contributed by atoms with Gasteiger partial charge in [-0.2, -0.15) is 5.10 Å². The van der Waals surface area contributed by atoms with Crippen molar-refractivity contribution in [2.24, 2.45) is 7.05 Å². The highest BCUT2D eigenvalue weighted by Crippen LogP contribution is 2.28. The van der Waals surface area contributed by atoms with E-state index in [4.69, 9.17) is 5.11 Å². The molecule has 0 aliphatic rings. The number of nitrogens with one attached hydrogen (secondary N) is 1. The molecule has 0 aliphatic heterocycles. The van der Waals surface area contributed by atoms with Crippen molar-refractivity contribution in [1.29, 1.82) is 0 Å². The van der Waals surface area contributed by atoms with Crippen molar-refractivity contribution in [2.45, 2.75) is 6.42 Å². The Hall–Kier alpha value is -2.90. The number of aromatic nitrogens is 2. The fourth-order valence-corrected chi connectivity index (χ4v) is 2.03. The molecule has 0 amide bonds. The zero-order chi connectivity index (χ0) is 15.4. The minimum absolute atomic E-state index is 0.196. The fourth-order valence-electron chi connectivity index (χ4n) is 2.03. The normalized spacial score (nSPS) is 10.3. The number of carboxylic acids is 1. The Morgan fingerprint density at radius 1 is 1.48 bits per heavy atom. The molecule has 2 rings (SSSR count). The topological polar surface area (TPSA) is 110 Å². The number of nitro benzene ring substituents is 1. The number of carbonyl (C=O) groups is 1. The van der Waals surface area contributed by atoms with Crippen LogP contribution >= 0.6 is 0 Å². The number of para-hydroxylation sites is 1. The highest BCUT2D eigenvalue weighted by Gasteiger charge is 2.23. The van der Waals surface area contributed by atoms with E-state index in [1.807, 2.05) is 13.1 Å². The van der Waals surface area contributed by atoms with E-state index in [1.165, 1.54) is 18.2 Å². The molecule has 8 heteroatoms. The van der Waals surface area contributed by atoms with Crippen LogP contribution in [0.5, 0.6) is 0 Å². The number of aromatic carboxylic acids is 1.